The lowest BCUT2D eigenvalue weighted by atomic mass is 10.1. The number of hydrogen-bond donors (Lipinski definition) is 1. The molecule has 10 heteroatoms. The zero-order valence-electron chi connectivity index (χ0n) is 11.4. The molecule has 2 aromatic rings. The summed E-state index contributed by atoms with van der Waals surface area (Å²) in [7, 11) is 1.63. The first-order valence-corrected chi connectivity index (χ1v) is 7.79. The largest absolute Gasteiger partial charge is 0.343 e. The molecule has 3 heterocycles. The van der Waals surface area contributed by atoms with Crippen molar-refractivity contribution < 1.29 is 0 Å². The van der Waals surface area contributed by atoms with Crippen molar-refractivity contribution >= 4 is 29.3 Å². The number of piperidine rings is 1. The number of anilines is 1. The van der Waals surface area contributed by atoms with Crippen LogP contribution >= 0.6 is 23.4 Å². The molecule has 0 aromatic carbocycles. The highest BCUT2D eigenvalue weighted by atomic mass is 35.5. The summed E-state index contributed by atoms with van der Waals surface area (Å²) in [5, 5.41) is 7.34. The van der Waals surface area contributed by atoms with Gasteiger partial charge in [-0.15, -0.1) is 5.10 Å². The van der Waals surface area contributed by atoms with Crippen molar-refractivity contribution in [3.05, 3.63) is 15.8 Å². The summed E-state index contributed by atoms with van der Waals surface area (Å²) in [6.07, 6.45) is 3.48. The van der Waals surface area contributed by atoms with Gasteiger partial charge in [0.2, 0.25) is 16.4 Å². The molecular weight excluding hydrogens is 314 g/mol. The van der Waals surface area contributed by atoms with Crippen LogP contribution in [0.2, 0.25) is 5.28 Å². The second-order valence-corrected chi connectivity index (χ2v) is 5.98. The Morgan fingerprint density at radius 2 is 1.95 bits per heavy atom. The molecule has 3 rings (SSSR count). The Kier molecular flexibility index (Phi) is 4.11. The molecule has 0 radical (unpaired) electrons. The molecule has 1 aliphatic rings. The van der Waals surface area contributed by atoms with Gasteiger partial charge < -0.3 is 4.90 Å². The molecule has 0 bridgehead atoms. The van der Waals surface area contributed by atoms with E-state index in [1.54, 1.807) is 7.05 Å². The molecule has 1 saturated heterocycles. The van der Waals surface area contributed by atoms with Gasteiger partial charge in [0.05, 0.1) is 0 Å². The summed E-state index contributed by atoms with van der Waals surface area (Å²) in [5.74, 6) is 0.581. The van der Waals surface area contributed by atoms with Gasteiger partial charge in [0.15, 0.2) is 5.16 Å². The van der Waals surface area contributed by atoms with E-state index in [1.807, 2.05) is 0 Å². The fraction of sp³-hybridized carbons (Fsp3) is 0.545. The maximum atomic E-state index is 11.4. The second kappa shape index (κ2) is 6.02. The highest BCUT2D eigenvalue weighted by Gasteiger charge is 2.17. The minimum absolute atomic E-state index is 0.147. The van der Waals surface area contributed by atoms with E-state index in [2.05, 4.69) is 30.0 Å². The van der Waals surface area contributed by atoms with Gasteiger partial charge in [0.25, 0.3) is 0 Å². The van der Waals surface area contributed by atoms with Crippen LogP contribution in [0.1, 0.15) is 19.3 Å². The van der Waals surface area contributed by atoms with E-state index in [-0.39, 0.29) is 11.0 Å². The maximum absolute atomic E-state index is 11.4. The summed E-state index contributed by atoms with van der Waals surface area (Å²) in [5.41, 5.74) is -0.283. The molecule has 2 aromatic heterocycles. The van der Waals surface area contributed by atoms with E-state index < -0.39 is 0 Å². The Labute approximate surface area is 130 Å². The number of nitrogens with zero attached hydrogens (tertiary/aromatic N) is 6. The molecule has 8 nitrogen and oxygen atoms in total. The monoisotopic (exact) mass is 327 g/mol. The normalized spacial score (nSPS) is 15.4. The molecule has 112 valence electrons. The smallest absolute Gasteiger partial charge is 0.341 e. The van der Waals surface area contributed by atoms with Crippen molar-refractivity contribution in [3.63, 3.8) is 0 Å². The maximum Gasteiger partial charge on any atom is 0.343 e. The zero-order valence-corrected chi connectivity index (χ0v) is 13.0. The average molecular weight is 328 g/mol. The van der Waals surface area contributed by atoms with Crippen LogP contribution in [-0.4, -0.2) is 42.8 Å². The van der Waals surface area contributed by atoms with Gasteiger partial charge in [-0.25, -0.2) is 9.89 Å². The van der Waals surface area contributed by atoms with E-state index in [0.717, 1.165) is 25.9 Å². The third-order valence-corrected chi connectivity index (χ3v) is 4.32. The van der Waals surface area contributed by atoms with Gasteiger partial charge >= 0.3 is 5.69 Å². The van der Waals surface area contributed by atoms with Crippen LogP contribution in [0.25, 0.3) is 0 Å². The molecular formula is C11H14ClN7OS. The molecule has 21 heavy (non-hydrogen) atoms. The highest BCUT2D eigenvalue weighted by molar-refractivity contribution is 7.99. The Bertz CT molecular complexity index is 694. The van der Waals surface area contributed by atoms with Crippen LogP contribution < -0.4 is 10.6 Å². The van der Waals surface area contributed by atoms with Gasteiger partial charge in [0.1, 0.15) is 0 Å². The van der Waals surface area contributed by atoms with Crippen LogP contribution in [0, 0.1) is 0 Å². The Morgan fingerprint density at radius 3 is 2.62 bits per heavy atom. The van der Waals surface area contributed by atoms with Crippen molar-refractivity contribution in [1.29, 1.82) is 0 Å². The fourth-order valence-electron chi connectivity index (χ4n) is 2.11. The number of aromatic nitrogens is 6. The summed E-state index contributed by atoms with van der Waals surface area (Å²) in [4.78, 5) is 26.1. The van der Waals surface area contributed by atoms with Crippen molar-refractivity contribution in [2.45, 2.75) is 29.6 Å². The van der Waals surface area contributed by atoms with E-state index >= 15 is 0 Å². The van der Waals surface area contributed by atoms with Gasteiger partial charge in [-0.3, -0.25) is 4.57 Å². The minimum Gasteiger partial charge on any atom is -0.341 e. The predicted octanol–water partition coefficient (Wildman–Crippen LogP) is 1.09. The first kappa shape index (κ1) is 14.3. The number of halogens is 1. The fourth-order valence-corrected chi connectivity index (χ4v) is 3.05. The first-order chi connectivity index (χ1) is 10.1. The molecule has 0 aliphatic carbocycles. The quantitative estimate of drug-likeness (QED) is 0.901. The average Bonchev–Trinajstić information content (AvgIpc) is 2.80. The summed E-state index contributed by atoms with van der Waals surface area (Å²) < 4.78 is 1.39. The molecule has 0 unspecified atom stereocenters. The van der Waals surface area contributed by atoms with Crippen molar-refractivity contribution in [2.24, 2.45) is 7.05 Å². The molecule has 0 amide bonds. The minimum atomic E-state index is -0.283. The van der Waals surface area contributed by atoms with Crippen LogP contribution in [0.3, 0.4) is 0 Å². The standard InChI is InChI=1S/C11H14ClN7OS/c1-18-10(20)16-17-11(18)21-9-14-7(12)13-8(15-9)19-5-3-2-4-6-19/h2-6H2,1H3,(H,16,20). The van der Waals surface area contributed by atoms with E-state index in [1.165, 1.54) is 22.7 Å². The lowest BCUT2D eigenvalue weighted by Gasteiger charge is -2.26. The number of nitrogens with one attached hydrogen (secondary N) is 1. The van der Waals surface area contributed by atoms with Crippen LogP contribution in [0.4, 0.5) is 5.95 Å². The Morgan fingerprint density at radius 1 is 1.19 bits per heavy atom. The van der Waals surface area contributed by atoms with Gasteiger partial charge in [0, 0.05) is 20.1 Å². The topological polar surface area (TPSA) is 92.6 Å². The van der Waals surface area contributed by atoms with E-state index in [4.69, 9.17) is 11.6 Å². The summed E-state index contributed by atoms with van der Waals surface area (Å²) in [6.45, 7) is 1.84. The number of aromatic amines is 1. The zero-order chi connectivity index (χ0) is 14.8. The summed E-state index contributed by atoms with van der Waals surface area (Å²) in [6, 6.07) is 0. The number of H-pyrrole nitrogens is 1. The highest BCUT2D eigenvalue weighted by Crippen LogP contribution is 2.24. The number of hydrogen-bond acceptors (Lipinski definition) is 7. The molecule has 0 spiro atoms. The number of rotatable bonds is 3. The van der Waals surface area contributed by atoms with Gasteiger partial charge in [-0.2, -0.15) is 15.0 Å². The lowest BCUT2D eigenvalue weighted by Crippen LogP contribution is -2.31. The van der Waals surface area contributed by atoms with Gasteiger partial charge in [-0.05, 0) is 42.6 Å². The van der Waals surface area contributed by atoms with E-state index in [9.17, 15) is 4.79 Å². The Hall–Kier alpha value is -1.61. The van der Waals surface area contributed by atoms with Gasteiger partial charge in [-0.1, -0.05) is 0 Å². The lowest BCUT2D eigenvalue weighted by molar-refractivity contribution is 0.564. The molecule has 0 atom stereocenters. The van der Waals surface area contributed by atoms with Crippen molar-refractivity contribution in [1.82, 2.24) is 29.7 Å². The third-order valence-electron chi connectivity index (χ3n) is 3.24. The molecule has 1 fully saturated rings. The van der Waals surface area contributed by atoms with Crippen LogP contribution in [0.15, 0.2) is 15.1 Å². The summed E-state index contributed by atoms with van der Waals surface area (Å²) >= 11 is 7.16. The third kappa shape index (κ3) is 3.18. The molecule has 1 aliphatic heterocycles. The Balaban J connectivity index is 1.87. The first-order valence-electron chi connectivity index (χ1n) is 6.59. The van der Waals surface area contributed by atoms with Crippen LogP contribution in [-0.2, 0) is 7.05 Å². The second-order valence-electron chi connectivity index (χ2n) is 4.71. The van der Waals surface area contributed by atoms with E-state index in [0.29, 0.717) is 16.3 Å². The van der Waals surface area contributed by atoms with Crippen molar-refractivity contribution in [2.75, 3.05) is 18.0 Å². The SMILES string of the molecule is Cn1c(Sc2nc(Cl)nc(N3CCCCC3)n2)n[nH]c1=O. The van der Waals surface area contributed by atoms with Crippen LogP contribution in [0.5, 0.6) is 0 Å². The van der Waals surface area contributed by atoms with Crippen molar-refractivity contribution in [3.8, 4) is 0 Å². The molecule has 1 N–H and O–H groups in total. The molecule has 0 saturated carbocycles. The predicted molar refractivity (Wildman–Crippen MR) is 78.9 cm³/mol.